The van der Waals surface area contributed by atoms with Crippen molar-refractivity contribution < 1.29 is 23.5 Å². The van der Waals surface area contributed by atoms with Crippen molar-refractivity contribution in [2.24, 2.45) is 0 Å². The molecule has 1 heterocycles. The van der Waals surface area contributed by atoms with Crippen LogP contribution in [0.2, 0.25) is 5.02 Å². The molecule has 0 bridgehead atoms. The van der Waals surface area contributed by atoms with Gasteiger partial charge in [-0.25, -0.2) is 4.39 Å². The lowest BCUT2D eigenvalue weighted by atomic mass is 10.2. The van der Waals surface area contributed by atoms with Crippen LogP contribution in [0.25, 0.3) is 6.08 Å². The van der Waals surface area contributed by atoms with Crippen LogP contribution in [0.4, 0.5) is 14.9 Å². The van der Waals surface area contributed by atoms with Crippen LogP contribution < -0.4 is 10.1 Å². The molecule has 1 fully saturated rings. The number of halogens is 3. The van der Waals surface area contributed by atoms with E-state index in [9.17, 15) is 18.8 Å². The monoisotopic (exact) mass is 622 g/mol. The molecule has 1 saturated heterocycles. The SMILES string of the molecule is O=C(CN1C(=O)S/C(=C/c2ccc(OCc3ccccc3F)c(I)c2)C1=O)Nc1ccccc1Cl. The average Bonchev–Trinajstić information content (AvgIpc) is 3.08. The zero-order valence-corrected chi connectivity index (χ0v) is 21.7. The smallest absolute Gasteiger partial charge is 0.294 e. The highest BCUT2D eigenvalue weighted by atomic mass is 127. The molecule has 0 atom stereocenters. The maximum Gasteiger partial charge on any atom is 0.294 e. The molecule has 0 aliphatic carbocycles. The van der Waals surface area contributed by atoms with E-state index >= 15 is 0 Å². The van der Waals surface area contributed by atoms with E-state index in [1.54, 1.807) is 66.7 Å². The number of nitrogens with one attached hydrogen (secondary N) is 1. The predicted molar refractivity (Wildman–Crippen MR) is 143 cm³/mol. The number of hydrogen-bond acceptors (Lipinski definition) is 5. The van der Waals surface area contributed by atoms with Crippen molar-refractivity contribution in [3.63, 3.8) is 0 Å². The molecule has 1 aliphatic heterocycles. The molecule has 6 nitrogen and oxygen atoms in total. The van der Waals surface area contributed by atoms with Crippen molar-refractivity contribution in [3.05, 3.63) is 97.2 Å². The van der Waals surface area contributed by atoms with Gasteiger partial charge < -0.3 is 10.1 Å². The molecule has 1 aliphatic rings. The first-order valence-electron chi connectivity index (χ1n) is 10.3. The number of imide groups is 1. The molecule has 3 aromatic rings. The van der Waals surface area contributed by atoms with Gasteiger partial charge in [0.05, 0.1) is 19.2 Å². The van der Waals surface area contributed by atoms with Crippen molar-refractivity contribution in [1.29, 1.82) is 0 Å². The number of thioether (sulfide) groups is 1. The largest absolute Gasteiger partial charge is 0.488 e. The van der Waals surface area contributed by atoms with Crippen molar-refractivity contribution in [1.82, 2.24) is 4.90 Å². The molecule has 0 unspecified atom stereocenters. The molecule has 0 saturated carbocycles. The maximum absolute atomic E-state index is 13.8. The number of anilines is 1. The Morgan fingerprint density at radius 1 is 1.11 bits per heavy atom. The topological polar surface area (TPSA) is 75.7 Å². The number of rotatable bonds is 7. The van der Waals surface area contributed by atoms with Gasteiger partial charge in [0.25, 0.3) is 11.1 Å². The number of ether oxygens (including phenoxy) is 1. The lowest BCUT2D eigenvalue weighted by Gasteiger charge is -2.13. The molecule has 3 aromatic carbocycles. The molecular weight excluding hydrogens is 606 g/mol. The highest BCUT2D eigenvalue weighted by molar-refractivity contribution is 14.1. The summed E-state index contributed by atoms with van der Waals surface area (Å²) in [6.45, 7) is -0.343. The van der Waals surface area contributed by atoms with Crippen LogP contribution in [0.15, 0.2) is 71.6 Å². The van der Waals surface area contributed by atoms with Gasteiger partial charge in [0, 0.05) is 5.56 Å². The summed E-state index contributed by atoms with van der Waals surface area (Å²) in [4.78, 5) is 38.6. The van der Waals surface area contributed by atoms with Gasteiger partial charge in [0.15, 0.2) is 0 Å². The number of hydrogen-bond donors (Lipinski definition) is 1. The Balaban J connectivity index is 1.41. The second-order valence-electron chi connectivity index (χ2n) is 7.37. The Kier molecular flexibility index (Phi) is 8.09. The van der Waals surface area contributed by atoms with Crippen LogP contribution >= 0.6 is 46.0 Å². The highest BCUT2D eigenvalue weighted by Gasteiger charge is 2.36. The Hall–Kier alpha value is -2.89. The van der Waals surface area contributed by atoms with E-state index in [1.165, 1.54) is 6.07 Å². The van der Waals surface area contributed by atoms with Crippen LogP contribution in [0.3, 0.4) is 0 Å². The lowest BCUT2D eigenvalue weighted by Crippen LogP contribution is -2.36. The zero-order valence-electron chi connectivity index (χ0n) is 18.0. The first-order chi connectivity index (χ1) is 16.8. The standard InChI is InChI=1S/C25H17ClFIN2O4S/c26-17-6-2-4-8-20(17)29-23(31)13-30-24(32)22(35-25(30)33)12-15-9-10-21(19(28)11-15)34-14-16-5-1-3-7-18(16)27/h1-12H,13-14H2,(H,29,31)/b22-12+. The van der Waals surface area contributed by atoms with Crippen LogP contribution in [0.1, 0.15) is 11.1 Å². The zero-order chi connectivity index (χ0) is 24.9. The van der Waals surface area contributed by atoms with E-state index in [0.29, 0.717) is 27.6 Å². The number of carbonyl (C=O) groups excluding carboxylic acids is 3. The van der Waals surface area contributed by atoms with Crippen molar-refractivity contribution in [2.45, 2.75) is 6.61 Å². The third kappa shape index (κ3) is 6.22. The molecule has 178 valence electrons. The van der Waals surface area contributed by atoms with Crippen LogP contribution in [-0.2, 0) is 16.2 Å². The first-order valence-corrected chi connectivity index (χ1v) is 12.5. The van der Waals surface area contributed by atoms with E-state index < -0.39 is 23.6 Å². The van der Waals surface area contributed by atoms with Gasteiger partial charge in [0.2, 0.25) is 5.91 Å². The quantitative estimate of drug-likeness (QED) is 0.246. The molecule has 1 N–H and O–H groups in total. The van der Waals surface area contributed by atoms with Crippen LogP contribution in [0, 0.1) is 9.39 Å². The summed E-state index contributed by atoms with van der Waals surface area (Å²) >= 11 is 8.89. The third-order valence-corrected chi connectivity index (χ3v) is 7.00. The normalized spacial score (nSPS) is 14.5. The fraction of sp³-hybridized carbons (Fsp3) is 0.0800. The molecule has 35 heavy (non-hydrogen) atoms. The van der Waals surface area contributed by atoms with E-state index in [-0.39, 0.29) is 17.3 Å². The van der Waals surface area contributed by atoms with Gasteiger partial charge in [-0.05, 0) is 76.3 Å². The molecule has 3 amide bonds. The number of nitrogens with zero attached hydrogens (tertiary/aromatic N) is 1. The van der Waals surface area contributed by atoms with Crippen molar-refractivity contribution in [2.75, 3.05) is 11.9 Å². The van der Waals surface area contributed by atoms with Crippen LogP contribution in [-0.4, -0.2) is 28.5 Å². The Bertz CT molecular complexity index is 1350. The van der Waals surface area contributed by atoms with E-state index in [2.05, 4.69) is 27.9 Å². The summed E-state index contributed by atoms with van der Waals surface area (Å²) in [6.07, 6.45) is 1.58. The highest BCUT2D eigenvalue weighted by Crippen LogP contribution is 2.33. The Labute approximate surface area is 223 Å². The van der Waals surface area contributed by atoms with Gasteiger partial charge in [-0.3, -0.25) is 19.3 Å². The average molecular weight is 623 g/mol. The fourth-order valence-corrected chi connectivity index (χ4v) is 4.89. The Morgan fingerprint density at radius 3 is 2.60 bits per heavy atom. The van der Waals surface area contributed by atoms with Crippen LogP contribution in [0.5, 0.6) is 5.75 Å². The summed E-state index contributed by atoms with van der Waals surface area (Å²) < 4.78 is 20.3. The summed E-state index contributed by atoms with van der Waals surface area (Å²) in [5, 5.41) is 2.42. The maximum atomic E-state index is 13.8. The summed E-state index contributed by atoms with van der Waals surface area (Å²) in [7, 11) is 0. The summed E-state index contributed by atoms with van der Waals surface area (Å²) in [5.74, 6) is -0.859. The second-order valence-corrected chi connectivity index (χ2v) is 9.93. The third-order valence-electron chi connectivity index (χ3n) is 4.92. The summed E-state index contributed by atoms with van der Waals surface area (Å²) in [5.41, 5.74) is 1.52. The van der Waals surface area contributed by atoms with E-state index in [0.717, 1.165) is 20.2 Å². The van der Waals surface area contributed by atoms with Gasteiger partial charge in [-0.15, -0.1) is 0 Å². The van der Waals surface area contributed by atoms with Gasteiger partial charge in [0.1, 0.15) is 24.7 Å². The Morgan fingerprint density at radius 2 is 1.86 bits per heavy atom. The van der Waals surface area contributed by atoms with Gasteiger partial charge >= 0.3 is 0 Å². The molecule has 0 aromatic heterocycles. The number of para-hydroxylation sites is 1. The van der Waals surface area contributed by atoms with E-state index in [1.807, 2.05) is 0 Å². The van der Waals surface area contributed by atoms with Gasteiger partial charge in [-0.1, -0.05) is 48.0 Å². The number of carbonyl (C=O) groups is 3. The number of benzene rings is 3. The second kappa shape index (κ2) is 11.2. The molecule has 10 heteroatoms. The summed E-state index contributed by atoms with van der Waals surface area (Å²) in [6, 6.07) is 18.3. The minimum Gasteiger partial charge on any atom is -0.488 e. The molecular formula is C25H17ClFIN2O4S. The number of amides is 3. The van der Waals surface area contributed by atoms with E-state index in [4.69, 9.17) is 16.3 Å². The van der Waals surface area contributed by atoms with Crippen molar-refractivity contribution >= 4 is 74.8 Å². The first kappa shape index (κ1) is 25.2. The predicted octanol–water partition coefficient (Wildman–Crippen LogP) is 6.34. The van der Waals surface area contributed by atoms with Gasteiger partial charge in [-0.2, -0.15) is 0 Å². The minimum atomic E-state index is -0.552. The molecule has 4 rings (SSSR count). The van der Waals surface area contributed by atoms with Crippen molar-refractivity contribution in [3.8, 4) is 5.75 Å². The lowest BCUT2D eigenvalue weighted by molar-refractivity contribution is -0.127. The molecule has 0 radical (unpaired) electrons. The molecule has 0 spiro atoms. The minimum absolute atomic E-state index is 0.0805. The fourth-order valence-electron chi connectivity index (χ4n) is 3.18.